The van der Waals surface area contributed by atoms with Gasteiger partial charge in [-0.15, -0.1) is 0 Å². The van der Waals surface area contributed by atoms with Gasteiger partial charge in [-0.2, -0.15) is 0 Å². The standard InChI is InChI=1S/C33H35NO6/c1-19(2)18-39-26-12-9-23(17-27(26)38-6)29-28-30(35)25-16-20(3)15-21(4)31(25)40-32(28)33(36)34(29)14-13-22-7-10-24(37-5)11-8-22/h7-12,15-17,19,29H,13-14,18H2,1-6H3. The van der Waals surface area contributed by atoms with E-state index in [1.807, 2.05) is 68.4 Å². The fraction of sp³-hybridized carbons (Fsp3) is 0.333. The second-order valence-corrected chi connectivity index (χ2v) is 10.7. The van der Waals surface area contributed by atoms with Crippen LogP contribution in [0.3, 0.4) is 0 Å². The topological polar surface area (TPSA) is 78.2 Å². The number of fused-ring (bicyclic) bond motifs is 2. The first-order chi connectivity index (χ1) is 19.2. The van der Waals surface area contributed by atoms with Crippen LogP contribution < -0.4 is 19.6 Å². The van der Waals surface area contributed by atoms with Crippen molar-refractivity contribution in [2.45, 2.75) is 40.2 Å². The van der Waals surface area contributed by atoms with Gasteiger partial charge in [0.05, 0.1) is 37.8 Å². The monoisotopic (exact) mass is 541 g/mol. The minimum atomic E-state index is -0.629. The molecule has 0 fully saturated rings. The number of ether oxygens (including phenoxy) is 3. The van der Waals surface area contributed by atoms with Crippen LogP contribution in [0.1, 0.15) is 58.3 Å². The highest BCUT2D eigenvalue weighted by Crippen LogP contribution is 2.41. The SMILES string of the molecule is COc1ccc(CCN2C(=O)c3oc4c(C)cc(C)cc4c(=O)c3C2c2ccc(OCC(C)C)c(OC)c2)cc1. The number of carbonyl (C=O) groups excluding carboxylic acids is 1. The largest absolute Gasteiger partial charge is 0.497 e. The van der Waals surface area contributed by atoms with Crippen molar-refractivity contribution in [2.75, 3.05) is 27.4 Å². The molecule has 1 atom stereocenters. The predicted octanol–water partition coefficient (Wildman–Crippen LogP) is 6.25. The minimum absolute atomic E-state index is 0.100. The number of amides is 1. The zero-order valence-corrected chi connectivity index (χ0v) is 23.9. The first kappa shape index (κ1) is 27.3. The molecule has 0 N–H and O–H groups in total. The number of methoxy groups -OCH3 is 2. The third-order valence-corrected chi connectivity index (χ3v) is 7.27. The zero-order chi connectivity index (χ0) is 28.6. The number of benzene rings is 3. The van der Waals surface area contributed by atoms with Gasteiger partial charge in [0.1, 0.15) is 11.3 Å². The maximum absolute atomic E-state index is 14.0. The molecule has 1 aliphatic rings. The van der Waals surface area contributed by atoms with Crippen molar-refractivity contribution in [3.63, 3.8) is 0 Å². The van der Waals surface area contributed by atoms with Crippen molar-refractivity contribution >= 4 is 16.9 Å². The van der Waals surface area contributed by atoms with E-state index >= 15 is 0 Å². The summed E-state index contributed by atoms with van der Waals surface area (Å²) in [6.07, 6.45) is 0.596. The summed E-state index contributed by atoms with van der Waals surface area (Å²) in [5, 5.41) is 0.481. The van der Waals surface area contributed by atoms with Crippen LogP contribution in [0.4, 0.5) is 0 Å². The van der Waals surface area contributed by atoms with Crippen molar-refractivity contribution < 1.29 is 23.4 Å². The van der Waals surface area contributed by atoms with Gasteiger partial charge in [-0.1, -0.05) is 38.1 Å². The van der Waals surface area contributed by atoms with E-state index in [1.54, 1.807) is 19.1 Å². The van der Waals surface area contributed by atoms with Crippen LogP contribution in [0.25, 0.3) is 11.0 Å². The maximum Gasteiger partial charge on any atom is 0.290 e. The first-order valence-corrected chi connectivity index (χ1v) is 13.5. The van der Waals surface area contributed by atoms with E-state index in [0.717, 1.165) is 28.0 Å². The number of aryl methyl sites for hydroxylation is 2. The van der Waals surface area contributed by atoms with E-state index in [-0.39, 0.29) is 17.1 Å². The minimum Gasteiger partial charge on any atom is -0.497 e. The lowest BCUT2D eigenvalue weighted by molar-refractivity contribution is 0.0729. The second kappa shape index (κ2) is 11.1. The van der Waals surface area contributed by atoms with Gasteiger partial charge >= 0.3 is 0 Å². The van der Waals surface area contributed by atoms with E-state index in [0.29, 0.717) is 53.5 Å². The fourth-order valence-corrected chi connectivity index (χ4v) is 5.32. The highest BCUT2D eigenvalue weighted by molar-refractivity contribution is 5.99. The summed E-state index contributed by atoms with van der Waals surface area (Å²) in [4.78, 5) is 29.7. The highest BCUT2D eigenvalue weighted by Gasteiger charge is 2.43. The van der Waals surface area contributed by atoms with Crippen LogP contribution >= 0.6 is 0 Å². The molecule has 0 spiro atoms. The van der Waals surface area contributed by atoms with Crippen molar-refractivity contribution in [1.29, 1.82) is 0 Å². The predicted molar refractivity (Wildman–Crippen MR) is 155 cm³/mol. The second-order valence-electron chi connectivity index (χ2n) is 10.7. The van der Waals surface area contributed by atoms with Crippen LogP contribution in [-0.2, 0) is 6.42 Å². The molecule has 0 bridgehead atoms. The Hall–Kier alpha value is -4.26. The number of hydrogen-bond donors (Lipinski definition) is 0. The van der Waals surface area contributed by atoms with Crippen molar-refractivity contribution in [1.82, 2.24) is 4.90 Å². The van der Waals surface area contributed by atoms with Crippen molar-refractivity contribution in [3.8, 4) is 17.2 Å². The molecule has 1 aromatic heterocycles. The van der Waals surface area contributed by atoms with E-state index < -0.39 is 6.04 Å². The maximum atomic E-state index is 14.0. The van der Waals surface area contributed by atoms with E-state index in [9.17, 15) is 9.59 Å². The molecule has 208 valence electrons. The molecule has 1 aliphatic heterocycles. The Morgan fingerprint density at radius 2 is 1.68 bits per heavy atom. The third-order valence-electron chi connectivity index (χ3n) is 7.27. The summed E-state index contributed by atoms with van der Waals surface area (Å²) in [7, 11) is 3.22. The van der Waals surface area contributed by atoms with Gasteiger partial charge in [-0.3, -0.25) is 9.59 Å². The van der Waals surface area contributed by atoms with Gasteiger partial charge in [0.25, 0.3) is 5.91 Å². The number of hydrogen-bond acceptors (Lipinski definition) is 6. The lowest BCUT2D eigenvalue weighted by Crippen LogP contribution is -2.31. The van der Waals surface area contributed by atoms with Gasteiger partial charge in [0.2, 0.25) is 5.76 Å². The quantitative estimate of drug-likeness (QED) is 0.249. The number of rotatable bonds is 9. The molecule has 1 amide bonds. The summed E-state index contributed by atoms with van der Waals surface area (Å²) >= 11 is 0. The van der Waals surface area contributed by atoms with Crippen LogP contribution in [0.5, 0.6) is 17.2 Å². The van der Waals surface area contributed by atoms with Crippen LogP contribution in [0.15, 0.2) is 63.8 Å². The Morgan fingerprint density at radius 1 is 0.925 bits per heavy atom. The molecule has 7 heteroatoms. The molecular formula is C33H35NO6. The Kier molecular flexibility index (Phi) is 7.57. The molecule has 0 aliphatic carbocycles. The highest BCUT2D eigenvalue weighted by atomic mass is 16.5. The van der Waals surface area contributed by atoms with E-state index in [4.69, 9.17) is 18.6 Å². The molecule has 5 rings (SSSR count). The first-order valence-electron chi connectivity index (χ1n) is 13.5. The molecule has 0 saturated carbocycles. The van der Waals surface area contributed by atoms with Crippen LogP contribution in [0.2, 0.25) is 0 Å². The summed E-state index contributed by atoms with van der Waals surface area (Å²) in [6, 6.07) is 16.5. The summed E-state index contributed by atoms with van der Waals surface area (Å²) < 4.78 is 23.1. The van der Waals surface area contributed by atoms with Crippen LogP contribution in [0, 0.1) is 19.8 Å². The van der Waals surface area contributed by atoms with Gasteiger partial charge in [0, 0.05) is 6.54 Å². The molecule has 40 heavy (non-hydrogen) atoms. The smallest absolute Gasteiger partial charge is 0.290 e. The Labute approximate surface area is 234 Å². The molecule has 1 unspecified atom stereocenters. The van der Waals surface area contributed by atoms with Crippen LogP contribution in [-0.4, -0.2) is 38.2 Å². The molecule has 3 aromatic carbocycles. The molecule has 0 radical (unpaired) electrons. The van der Waals surface area contributed by atoms with E-state index in [2.05, 4.69) is 13.8 Å². The zero-order valence-electron chi connectivity index (χ0n) is 23.9. The summed E-state index contributed by atoms with van der Waals surface area (Å²) in [6.45, 7) is 8.93. The van der Waals surface area contributed by atoms with Gasteiger partial charge < -0.3 is 23.5 Å². The summed E-state index contributed by atoms with van der Waals surface area (Å²) in [5.74, 6) is 2.08. The lowest BCUT2D eigenvalue weighted by atomic mass is 9.96. The molecule has 2 heterocycles. The molecular weight excluding hydrogens is 506 g/mol. The third kappa shape index (κ3) is 5.04. The lowest BCUT2D eigenvalue weighted by Gasteiger charge is -2.26. The van der Waals surface area contributed by atoms with Crippen molar-refractivity contribution in [2.24, 2.45) is 5.92 Å². The Bertz CT molecular complexity index is 1620. The summed E-state index contributed by atoms with van der Waals surface area (Å²) in [5.41, 5.74) is 4.21. The van der Waals surface area contributed by atoms with Gasteiger partial charge in [0.15, 0.2) is 16.9 Å². The van der Waals surface area contributed by atoms with Gasteiger partial charge in [-0.25, -0.2) is 0 Å². The Balaban J connectivity index is 1.62. The van der Waals surface area contributed by atoms with Crippen molar-refractivity contribution in [3.05, 3.63) is 98.4 Å². The number of nitrogens with zero attached hydrogens (tertiary/aromatic N) is 1. The normalized spacial score (nSPS) is 14.6. The molecule has 7 nitrogen and oxygen atoms in total. The average molecular weight is 542 g/mol. The van der Waals surface area contributed by atoms with E-state index in [1.165, 1.54) is 0 Å². The van der Waals surface area contributed by atoms with Gasteiger partial charge in [-0.05, 0) is 78.8 Å². The average Bonchev–Trinajstić information content (AvgIpc) is 3.23. The molecule has 0 saturated heterocycles. The fourth-order valence-electron chi connectivity index (χ4n) is 5.32. The Morgan fingerprint density at radius 3 is 2.35 bits per heavy atom. The molecule has 4 aromatic rings. The number of carbonyl (C=O) groups is 1.